The average molecular weight is 519 g/mol. The molecule has 1 atom stereocenters. The molecule has 1 amide bonds. The molecule has 1 saturated heterocycles. The Kier molecular flexibility index (Phi) is 6.56. The van der Waals surface area contributed by atoms with Crippen LogP contribution in [0.3, 0.4) is 0 Å². The van der Waals surface area contributed by atoms with Crippen molar-refractivity contribution in [1.29, 1.82) is 0 Å². The average Bonchev–Trinajstić information content (AvgIpc) is 3.09. The standard InChI is InChI=1S/C20H18Cl3N3O5S/c1-30-20(27)25-6-7-31-13(11-25)9-17-19(24-18-8-12(21)4-5-26(17)18)15-3-2-14(10-16(15)22)32(23,28)29/h2-5,8,10,13H,6-7,9,11H2,1H3/t13-/m0/s1. The van der Waals surface area contributed by atoms with Crippen LogP contribution in [0.25, 0.3) is 16.9 Å². The van der Waals surface area contributed by atoms with Gasteiger partial charge in [-0.2, -0.15) is 0 Å². The highest BCUT2D eigenvalue weighted by Crippen LogP contribution is 2.34. The summed E-state index contributed by atoms with van der Waals surface area (Å²) < 4.78 is 35.9. The van der Waals surface area contributed by atoms with Gasteiger partial charge in [0.25, 0.3) is 9.05 Å². The molecule has 3 heterocycles. The molecule has 8 nitrogen and oxygen atoms in total. The first-order chi connectivity index (χ1) is 15.2. The van der Waals surface area contributed by atoms with Crippen LogP contribution in [0.4, 0.5) is 4.79 Å². The number of carbonyl (C=O) groups excluding carboxylic acids is 1. The predicted octanol–water partition coefficient (Wildman–Crippen LogP) is 4.25. The van der Waals surface area contributed by atoms with E-state index in [2.05, 4.69) is 4.98 Å². The van der Waals surface area contributed by atoms with Crippen molar-refractivity contribution in [2.45, 2.75) is 17.4 Å². The van der Waals surface area contributed by atoms with Crippen LogP contribution >= 0.6 is 33.9 Å². The molecule has 32 heavy (non-hydrogen) atoms. The molecule has 2 aromatic heterocycles. The van der Waals surface area contributed by atoms with Crippen molar-refractivity contribution in [1.82, 2.24) is 14.3 Å². The first-order valence-electron chi connectivity index (χ1n) is 9.53. The van der Waals surface area contributed by atoms with Crippen molar-refractivity contribution in [2.24, 2.45) is 0 Å². The molecule has 12 heteroatoms. The molecule has 0 unspecified atom stereocenters. The summed E-state index contributed by atoms with van der Waals surface area (Å²) in [5, 5.41) is 0.698. The van der Waals surface area contributed by atoms with Gasteiger partial charge in [0, 0.05) is 46.5 Å². The van der Waals surface area contributed by atoms with Crippen molar-refractivity contribution in [3.63, 3.8) is 0 Å². The quantitative estimate of drug-likeness (QED) is 0.480. The molecule has 0 saturated carbocycles. The third-order valence-electron chi connectivity index (χ3n) is 5.16. The maximum absolute atomic E-state index is 11.9. The summed E-state index contributed by atoms with van der Waals surface area (Å²) in [7, 11) is 2.85. The number of fused-ring (bicyclic) bond motifs is 1. The first kappa shape index (κ1) is 23.1. The van der Waals surface area contributed by atoms with E-state index in [-0.39, 0.29) is 16.0 Å². The summed E-state index contributed by atoms with van der Waals surface area (Å²) >= 11 is 12.6. The fourth-order valence-electron chi connectivity index (χ4n) is 3.67. The van der Waals surface area contributed by atoms with Gasteiger partial charge in [-0.05, 0) is 24.3 Å². The molecular formula is C20H18Cl3N3O5S. The number of methoxy groups -OCH3 is 1. The summed E-state index contributed by atoms with van der Waals surface area (Å²) in [6, 6.07) is 7.67. The SMILES string of the molecule is COC(=O)N1CCO[C@@H](Cc2c(-c3ccc(S(=O)(=O)Cl)cc3Cl)nc3cc(Cl)ccn23)C1. The summed E-state index contributed by atoms with van der Waals surface area (Å²) in [4.78, 5) is 18.1. The molecule has 1 fully saturated rings. The second-order valence-corrected chi connectivity index (χ2v) is 10.6. The van der Waals surface area contributed by atoms with Crippen LogP contribution in [0.2, 0.25) is 10.0 Å². The minimum atomic E-state index is -3.93. The molecule has 0 aliphatic carbocycles. The summed E-state index contributed by atoms with van der Waals surface area (Å²) in [5.41, 5.74) is 2.45. The molecule has 0 bridgehead atoms. The fourth-order valence-corrected chi connectivity index (χ4v) is 4.94. The number of morpholine rings is 1. The minimum Gasteiger partial charge on any atom is -0.453 e. The van der Waals surface area contributed by atoms with Crippen molar-refractivity contribution < 1.29 is 22.7 Å². The highest BCUT2D eigenvalue weighted by atomic mass is 35.7. The molecule has 1 aliphatic rings. The van der Waals surface area contributed by atoms with Crippen LogP contribution in [0.1, 0.15) is 5.69 Å². The number of nitrogens with zero attached hydrogens (tertiary/aromatic N) is 3. The molecule has 0 radical (unpaired) electrons. The van der Waals surface area contributed by atoms with E-state index in [0.717, 1.165) is 5.69 Å². The van der Waals surface area contributed by atoms with Crippen LogP contribution in [-0.2, 0) is 24.9 Å². The molecule has 170 valence electrons. The van der Waals surface area contributed by atoms with E-state index in [1.54, 1.807) is 29.3 Å². The maximum Gasteiger partial charge on any atom is 0.409 e. The first-order valence-corrected chi connectivity index (χ1v) is 12.6. The maximum atomic E-state index is 11.9. The van der Waals surface area contributed by atoms with Crippen LogP contribution in [0, 0.1) is 0 Å². The van der Waals surface area contributed by atoms with E-state index < -0.39 is 15.1 Å². The number of amides is 1. The van der Waals surface area contributed by atoms with Gasteiger partial charge in [-0.1, -0.05) is 23.2 Å². The Bertz CT molecular complexity index is 1300. The summed E-state index contributed by atoms with van der Waals surface area (Å²) in [6.07, 6.45) is 1.48. The molecule has 1 aliphatic heterocycles. The van der Waals surface area contributed by atoms with Gasteiger partial charge in [0.2, 0.25) is 0 Å². The van der Waals surface area contributed by atoms with Crippen LogP contribution in [0.15, 0.2) is 41.4 Å². The Labute approximate surface area is 199 Å². The van der Waals surface area contributed by atoms with Gasteiger partial charge in [-0.15, -0.1) is 0 Å². The second kappa shape index (κ2) is 9.07. The Morgan fingerprint density at radius 1 is 1.28 bits per heavy atom. The number of hydrogen-bond acceptors (Lipinski definition) is 6. The number of carbonyl (C=O) groups is 1. The monoisotopic (exact) mass is 517 g/mol. The topological polar surface area (TPSA) is 90.2 Å². The Hall–Kier alpha value is -2.04. The smallest absolute Gasteiger partial charge is 0.409 e. The lowest BCUT2D eigenvalue weighted by atomic mass is 10.1. The number of benzene rings is 1. The van der Waals surface area contributed by atoms with Crippen molar-refractivity contribution >= 4 is 54.7 Å². The number of pyridine rings is 1. The normalized spacial score (nSPS) is 17.0. The molecular weight excluding hydrogens is 501 g/mol. The van der Waals surface area contributed by atoms with Crippen molar-refractivity contribution in [2.75, 3.05) is 26.8 Å². The minimum absolute atomic E-state index is 0.106. The number of imidazole rings is 1. The Morgan fingerprint density at radius 2 is 2.06 bits per heavy atom. The second-order valence-electron chi connectivity index (χ2n) is 7.17. The van der Waals surface area contributed by atoms with Crippen molar-refractivity contribution in [3.05, 3.63) is 52.3 Å². The van der Waals surface area contributed by atoms with Crippen molar-refractivity contribution in [3.8, 4) is 11.3 Å². The van der Waals surface area contributed by atoms with E-state index in [9.17, 15) is 13.2 Å². The number of rotatable bonds is 4. The number of hydrogen-bond donors (Lipinski definition) is 0. The highest BCUT2D eigenvalue weighted by molar-refractivity contribution is 8.13. The lowest BCUT2D eigenvalue weighted by Gasteiger charge is -2.32. The molecule has 1 aromatic carbocycles. The number of aromatic nitrogens is 2. The third kappa shape index (κ3) is 4.67. The lowest BCUT2D eigenvalue weighted by Crippen LogP contribution is -2.46. The summed E-state index contributed by atoms with van der Waals surface area (Å²) in [6.45, 7) is 1.17. The van der Waals surface area contributed by atoms with Gasteiger partial charge in [0.1, 0.15) is 5.65 Å². The fraction of sp³-hybridized carbons (Fsp3) is 0.300. The van der Waals surface area contributed by atoms with Gasteiger partial charge >= 0.3 is 6.09 Å². The van der Waals surface area contributed by atoms with Crippen LogP contribution in [0.5, 0.6) is 0 Å². The summed E-state index contributed by atoms with van der Waals surface area (Å²) in [5.74, 6) is 0. The number of ether oxygens (including phenoxy) is 2. The van der Waals surface area contributed by atoms with Gasteiger partial charge in [-0.3, -0.25) is 0 Å². The highest BCUT2D eigenvalue weighted by Gasteiger charge is 2.28. The van der Waals surface area contributed by atoms with Gasteiger partial charge in [-0.25, -0.2) is 18.2 Å². The zero-order valence-electron chi connectivity index (χ0n) is 16.8. The van der Waals surface area contributed by atoms with E-state index >= 15 is 0 Å². The van der Waals surface area contributed by atoms with E-state index in [0.29, 0.717) is 48.0 Å². The van der Waals surface area contributed by atoms with E-state index in [1.807, 2.05) is 4.40 Å². The largest absolute Gasteiger partial charge is 0.453 e. The van der Waals surface area contributed by atoms with Crippen LogP contribution < -0.4 is 0 Å². The number of halogens is 3. The zero-order valence-corrected chi connectivity index (χ0v) is 19.9. The molecule has 0 spiro atoms. The van der Waals surface area contributed by atoms with Gasteiger partial charge in [0.05, 0.1) is 47.7 Å². The molecule has 4 rings (SSSR count). The Balaban J connectivity index is 1.77. The van der Waals surface area contributed by atoms with Gasteiger partial charge < -0.3 is 18.8 Å². The van der Waals surface area contributed by atoms with E-state index in [1.165, 1.54) is 19.2 Å². The third-order valence-corrected chi connectivity index (χ3v) is 7.06. The molecule has 0 N–H and O–H groups in total. The van der Waals surface area contributed by atoms with Crippen LogP contribution in [-0.4, -0.2) is 61.7 Å². The lowest BCUT2D eigenvalue weighted by molar-refractivity contribution is -0.0241. The molecule has 3 aromatic rings. The predicted molar refractivity (Wildman–Crippen MR) is 121 cm³/mol. The Morgan fingerprint density at radius 3 is 2.75 bits per heavy atom. The van der Waals surface area contributed by atoms with Gasteiger partial charge in [0.15, 0.2) is 0 Å². The van der Waals surface area contributed by atoms with E-state index in [4.69, 9.17) is 43.4 Å². The zero-order chi connectivity index (χ0) is 23.0.